The molecule has 0 amide bonds. The highest BCUT2D eigenvalue weighted by atomic mass is 16.5. The summed E-state index contributed by atoms with van der Waals surface area (Å²) in [4.78, 5) is 12.9. The van der Waals surface area contributed by atoms with E-state index >= 15 is 0 Å². The molecular formula is C23H29N9O3. The van der Waals surface area contributed by atoms with Crippen molar-refractivity contribution < 1.29 is 14.0 Å². The van der Waals surface area contributed by atoms with E-state index in [0.29, 0.717) is 42.2 Å². The summed E-state index contributed by atoms with van der Waals surface area (Å²) in [6.45, 7) is 4.96. The molecule has 35 heavy (non-hydrogen) atoms. The summed E-state index contributed by atoms with van der Waals surface area (Å²) in [7, 11) is 1.68. The molecule has 0 atom stereocenters. The summed E-state index contributed by atoms with van der Waals surface area (Å²) in [6.07, 6.45) is 3.75. The highest BCUT2D eigenvalue weighted by Crippen LogP contribution is 2.26. The van der Waals surface area contributed by atoms with E-state index in [-0.39, 0.29) is 5.95 Å². The van der Waals surface area contributed by atoms with E-state index in [2.05, 4.69) is 54.0 Å². The number of benzene rings is 1. The Morgan fingerprint density at radius 3 is 2.80 bits per heavy atom. The van der Waals surface area contributed by atoms with Gasteiger partial charge in [0.1, 0.15) is 16.8 Å². The molecule has 1 saturated heterocycles. The molecule has 0 saturated carbocycles. The topological polar surface area (TPSA) is 151 Å². The second-order valence-electron chi connectivity index (χ2n) is 8.46. The minimum absolute atomic E-state index is 0.155. The molecule has 0 bridgehead atoms. The molecule has 1 aromatic carbocycles. The van der Waals surface area contributed by atoms with Crippen molar-refractivity contribution in [3.05, 3.63) is 47.2 Å². The molecule has 1 aliphatic rings. The van der Waals surface area contributed by atoms with Crippen LogP contribution in [0.5, 0.6) is 5.75 Å². The van der Waals surface area contributed by atoms with Crippen LogP contribution in [0.1, 0.15) is 35.7 Å². The number of ether oxygens (including phenoxy) is 2. The van der Waals surface area contributed by atoms with Gasteiger partial charge in [-0.25, -0.2) is 4.98 Å². The summed E-state index contributed by atoms with van der Waals surface area (Å²) < 4.78 is 18.0. The molecule has 4 aromatic rings. The maximum atomic E-state index is 5.92. The van der Waals surface area contributed by atoms with Crippen LogP contribution in [0.15, 0.2) is 28.9 Å². The van der Waals surface area contributed by atoms with Crippen molar-refractivity contribution in [2.45, 2.75) is 45.4 Å². The van der Waals surface area contributed by atoms with Crippen LogP contribution >= 0.6 is 0 Å². The molecule has 1 fully saturated rings. The number of anilines is 2. The van der Waals surface area contributed by atoms with Crippen molar-refractivity contribution >= 4 is 22.8 Å². The quantitative estimate of drug-likeness (QED) is 0.323. The third-order valence-corrected chi connectivity index (χ3v) is 5.98. The second-order valence-corrected chi connectivity index (χ2v) is 8.46. The molecular weight excluding hydrogens is 450 g/mol. The first-order valence-corrected chi connectivity index (χ1v) is 11.6. The van der Waals surface area contributed by atoms with Gasteiger partial charge in [-0.1, -0.05) is 17.3 Å². The number of methoxy groups -OCH3 is 1. The maximum Gasteiger partial charge on any atom is 0.223 e. The highest BCUT2D eigenvalue weighted by Gasteiger charge is 2.17. The van der Waals surface area contributed by atoms with Gasteiger partial charge >= 0.3 is 0 Å². The highest BCUT2D eigenvalue weighted by molar-refractivity contribution is 5.86. The third-order valence-electron chi connectivity index (χ3n) is 5.98. The molecule has 12 nitrogen and oxygen atoms in total. The molecule has 184 valence electrons. The largest absolute Gasteiger partial charge is 0.496 e. The minimum atomic E-state index is 0.155. The van der Waals surface area contributed by atoms with E-state index in [1.54, 1.807) is 20.2 Å². The fraction of sp³-hybridized carbons (Fsp3) is 0.435. The van der Waals surface area contributed by atoms with Gasteiger partial charge in [-0.05, 0) is 24.5 Å². The van der Waals surface area contributed by atoms with Crippen LogP contribution in [0.3, 0.4) is 0 Å². The van der Waals surface area contributed by atoms with Crippen molar-refractivity contribution in [3.8, 4) is 5.75 Å². The van der Waals surface area contributed by atoms with Crippen LogP contribution in [0.4, 0.5) is 11.8 Å². The van der Waals surface area contributed by atoms with Crippen molar-refractivity contribution in [1.82, 2.24) is 35.2 Å². The first kappa shape index (κ1) is 23.0. The Kier molecular flexibility index (Phi) is 6.73. The number of hydrogen-bond donors (Lipinski definition) is 3. The van der Waals surface area contributed by atoms with Gasteiger partial charge in [-0.3, -0.25) is 4.68 Å². The van der Waals surface area contributed by atoms with E-state index in [1.165, 1.54) is 0 Å². The van der Waals surface area contributed by atoms with Crippen molar-refractivity contribution in [2.24, 2.45) is 0 Å². The van der Waals surface area contributed by atoms with Gasteiger partial charge in [0, 0.05) is 38.3 Å². The van der Waals surface area contributed by atoms with Crippen molar-refractivity contribution in [1.29, 1.82) is 0 Å². The van der Waals surface area contributed by atoms with Gasteiger partial charge in [0.2, 0.25) is 11.8 Å². The summed E-state index contributed by atoms with van der Waals surface area (Å²) in [6, 6.07) is 6.74. The number of hydrogen-bond acceptors (Lipinski definition) is 11. The summed E-state index contributed by atoms with van der Waals surface area (Å²) in [5.41, 5.74) is 9.44. The van der Waals surface area contributed by atoms with Crippen molar-refractivity contribution in [3.63, 3.8) is 0 Å². The van der Waals surface area contributed by atoms with Gasteiger partial charge in [-0.2, -0.15) is 15.1 Å². The number of aryl methyl sites for hydroxylation is 1. The molecule has 4 heterocycles. The lowest BCUT2D eigenvalue weighted by Crippen LogP contribution is -2.34. The van der Waals surface area contributed by atoms with E-state index in [9.17, 15) is 0 Å². The number of nitrogens with two attached hydrogens (primary N) is 1. The molecule has 0 spiro atoms. The predicted octanol–water partition coefficient (Wildman–Crippen LogP) is 2.04. The van der Waals surface area contributed by atoms with Gasteiger partial charge < -0.3 is 30.4 Å². The van der Waals surface area contributed by atoms with E-state index in [0.717, 1.165) is 55.0 Å². The summed E-state index contributed by atoms with van der Waals surface area (Å²) >= 11 is 0. The molecule has 5 rings (SSSR count). The molecule has 12 heteroatoms. The van der Waals surface area contributed by atoms with Crippen LogP contribution in [0.25, 0.3) is 11.0 Å². The first-order chi connectivity index (χ1) is 17.1. The Morgan fingerprint density at radius 1 is 1.17 bits per heavy atom. The van der Waals surface area contributed by atoms with E-state index in [1.807, 2.05) is 4.68 Å². The van der Waals surface area contributed by atoms with Crippen LogP contribution in [0, 0.1) is 6.92 Å². The van der Waals surface area contributed by atoms with Gasteiger partial charge in [-0.15, -0.1) is 0 Å². The Balaban J connectivity index is 1.35. The Morgan fingerprint density at radius 2 is 2.03 bits per heavy atom. The number of nitrogens with zero attached hydrogens (tertiary/aromatic N) is 6. The average molecular weight is 480 g/mol. The maximum absolute atomic E-state index is 5.92. The van der Waals surface area contributed by atoms with Crippen LogP contribution in [0.2, 0.25) is 0 Å². The number of nitrogens with one attached hydrogen (secondary N) is 2. The van der Waals surface area contributed by atoms with E-state index < -0.39 is 0 Å². The Bertz CT molecular complexity index is 1300. The lowest BCUT2D eigenvalue weighted by atomic mass is 10.1. The lowest BCUT2D eigenvalue weighted by Gasteiger charge is -2.23. The Hall–Kier alpha value is -3.77. The third kappa shape index (κ3) is 5.33. The van der Waals surface area contributed by atoms with Crippen LogP contribution < -0.4 is 21.1 Å². The van der Waals surface area contributed by atoms with Crippen molar-refractivity contribution in [2.75, 3.05) is 31.4 Å². The Labute approximate surface area is 202 Å². The molecule has 0 radical (unpaired) electrons. The molecule has 0 unspecified atom stereocenters. The zero-order valence-electron chi connectivity index (χ0n) is 19.8. The number of aromatic nitrogens is 6. The molecule has 4 N–H and O–H groups in total. The fourth-order valence-electron chi connectivity index (χ4n) is 4.19. The smallest absolute Gasteiger partial charge is 0.223 e. The number of rotatable bonds is 9. The number of nitrogen functional groups attached to an aromatic ring is 1. The molecule has 0 aliphatic carbocycles. The normalized spacial score (nSPS) is 14.5. The first-order valence-electron chi connectivity index (χ1n) is 11.6. The zero-order valence-corrected chi connectivity index (χ0v) is 19.8. The molecule has 3 aromatic heterocycles. The standard InChI is InChI=1S/C23H29N9O3/c1-14-28-20(31-35-14)12-26-22-21-18(29-23(24)30-22)11-27-32(21)13-16-4-3-15(9-19(16)33-2)10-25-17-5-7-34-8-6-17/h3-4,9,11,17,25H,5-8,10,12-13H2,1-2H3,(H3,24,26,29,30). The molecule has 1 aliphatic heterocycles. The second kappa shape index (κ2) is 10.2. The average Bonchev–Trinajstić information content (AvgIpc) is 3.48. The van der Waals surface area contributed by atoms with Gasteiger partial charge in [0.15, 0.2) is 11.6 Å². The summed E-state index contributed by atoms with van der Waals surface area (Å²) in [5.74, 6) is 2.52. The van der Waals surface area contributed by atoms with Gasteiger partial charge in [0.05, 0.1) is 26.4 Å². The fourth-order valence-corrected chi connectivity index (χ4v) is 4.19. The van der Waals surface area contributed by atoms with Crippen LogP contribution in [-0.2, 0) is 24.4 Å². The number of fused-ring (bicyclic) bond motifs is 1. The van der Waals surface area contributed by atoms with Crippen LogP contribution in [-0.4, -0.2) is 56.3 Å². The minimum Gasteiger partial charge on any atom is -0.496 e. The van der Waals surface area contributed by atoms with Gasteiger partial charge in [0.25, 0.3) is 0 Å². The zero-order chi connectivity index (χ0) is 24.2. The lowest BCUT2D eigenvalue weighted by molar-refractivity contribution is 0.0776. The SMILES string of the molecule is COc1cc(CNC2CCOCC2)ccc1Cn1ncc2nc(N)nc(NCc3noc(C)n3)c21. The predicted molar refractivity (Wildman–Crippen MR) is 129 cm³/mol. The summed E-state index contributed by atoms with van der Waals surface area (Å²) in [5, 5.41) is 15.3. The monoisotopic (exact) mass is 479 g/mol. The van der Waals surface area contributed by atoms with E-state index in [4.69, 9.17) is 19.7 Å².